The molecule has 1 aromatic carbocycles. The maximum atomic E-state index is 2.66. The summed E-state index contributed by atoms with van der Waals surface area (Å²) in [6, 6.07) is 11.0. The Morgan fingerprint density at radius 2 is 1.67 bits per heavy atom. The fourth-order valence-electron chi connectivity index (χ4n) is 3.41. The van der Waals surface area contributed by atoms with Gasteiger partial charge in [-0.25, -0.2) is 0 Å². The monoisotopic (exact) mass is 288 g/mol. The SMILES string of the molecule is CC(C)c1cccc([C@H](C)N2CCN(C(C)C)C[C@@H]2C)c1. The molecule has 0 radical (unpaired) electrons. The highest BCUT2D eigenvalue weighted by Crippen LogP contribution is 2.27. The van der Waals surface area contributed by atoms with Crippen LogP contribution in [0.2, 0.25) is 0 Å². The van der Waals surface area contributed by atoms with Crippen LogP contribution in [-0.4, -0.2) is 41.5 Å². The van der Waals surface area contributed by atoms with Crippen molar-refractivity contribution in [3.05, 3.63) is 35.4 Å². The second-order valence-electron chi connectivity index (χ2n) is 7.18. The Labute approximate surface area is 131 Å². The van der Waals surface area contributed by atoms with Gasteiger partial charge in [0.15, 0.2) is 0 Å². The second-order valence-corrected chi connectivity index (χ2v) is 7.18. The molecule has 2 nitrogen and oxygen atoms in total. The molecule has 1 aromatic rings. The van der Waals surface area contributed by atoms with Gasteiger partial charge >= 0.3 is 0 Å². The van der Waals surface area contributed by atoms with Crippen LogP contribution in [0.3, 0.4) is 0 Å². The lowest BCUT2D eigenvalue weighted by molar-refractivity contribution is 0.0393. The molecule has 1 aliphatic heterocycles. The van der Waals surface area contributed by atoms with Gasteiger partial charge in [-0.05, 0) is 44.7 Å². The number of hydrogen-bond donors (Lipinski definition) is 0. The molecule has 0 N–H and O–H groups in total. The lowest BCUT2D eigenvalue weighted by Crippen LogP contribution is -2.54. The Bertz CT molecular complexity index is 453. The van der Waals surface area contributed by atoms with Crippen LogP contribution in [0.15, 0.2) is 24.3 Å². The largest absolute Gasteiger partial charge is 0.298 e. The van der Waals surface area contributed by atoms with Crippen LogP contribution in [0.25, 0.3) is 0 Å². The molecule has 1 saturated heterocycles. The minimum absolute atomic E-state index is 0.507. The molecule has 0 bridgehead atoms. The third-order valence-corrected chi connectivity index (χ3v) is 5.00. The van der Waals surface area contributed by atoms with Crippen LogP contribution >= 0.6 is 0 Å². The molecular weight excluding hydrogens is 256 g/mol. The van der Waals surface area contributed by atoms with Crippen molar-refractivity contribution >= 4 is 0 Å². The van der Waals surface area contributed by atoms with Crippen molar-refractivity contribution in [3.63, 3.8) is 0 Å². The standard InChI is InChI=1S/C19H32N2/c1-14(2)18-8-7-9-19(12-18)17(6)21-11-10-20(15(3)4)13-16(21)5/h7-9,12,14-17H,10-11,13H2,1-6H3/t16-,17-/m0/s1. The Kier molecular flexibility index (Phi) is 5.45. The summed E-state index contributed by atoms with van der Waals surface area (Å²) >= 11 is 0. The number of benzene rings is 1. The van der Waals surface area contributed by atoms with Gasteiger partial charge in [0.1, 0.15) is 0 Å². The van der Waals surface area contributed by atoms with E-state index in [1.54, 1.807) is 0 Å². The highest BCUT2D eigenvalue weighted by atomic mass is 15.3. The zero-order valence-electron chi connectivity index (χ0n) is 14.6. The fourth-order valence-corrected chi connectivity index (χ4v) is 3.41. The van der Waals surface area contributed by atoms with Gasteiger partial charge in [0.2, 0.25) is 0 Å². The summed E-state index contributed by atoms with van der Waals surface area (Å²) in [7, 11) is 0. The Balaban J connectivity index is 2.10. The van der Waals surface area contributed by atoms with Crippen LogP contribution < -0.4 is 0 Å². The molecule has 0 saturated carbocycles. The van der Waals surface area contributed by atoms with Crippen LogP contribution in [0, 0.1) is 0 Å². The molecule has 0 aliphatic carbocycles. The van der Waals surface area contributed by atoms with E-state index in [2.05, 4.69) is 75.6 Å². The highest BCUT2D eigenvalue weighted by molar-refractivity contribution is 5.28. The molecule has 2 atom stereocenters. The lowest BCUT2D eigenvalue weighted by atomic mass is 9.96. The average Bonchev–Trinajstić information content (AvgIpc) is 2.46. The number of piperazine rings is 1. The number of nitrogens with zero attached hydrogens (tertiary/aromatic N) is 2. The first-order chi connectivity index (χ1) is 9.90. The predicted molar refractivity (Wildman–Crippen MR) is 91.8 cm³/mol. The molecule has 0 spiro atoms. The van der Waals surface area contributed by atoms with Crippen LogP contribution in [-0.2, 0) is 0 Å². The van der Waals surface area contributed by atoms with Gasteiger partial charge in [-0.2, -0.15) is 0 Å². The minimum atomic E-state index is 0.507. The van der Waals surface area contributed by atoms with E-state index < -0.39 is 0 Å². The lowest BCUT2D eigenvalue weighted by Gasteiger charge is -2.44. The van der Waals surface area contributed by atoms with Crippen molar-refractivity contribution in [1.29, 1.82) is 0 Å². The molecule has 0 unspecified atom stereocenters. The van der Waals surface area contributed by atoms with Gasteiger partial charge in [-0.3, -0.25) is 9.80 Å². The number of rotatable bonds is 4. The first kappa shape index (κ1) is 16.5. The first-order valence-corrected chi connectivity index (χ1v) is 8.49. The fraction of sp³-hybridized carbons (Fsp3) is 0.684. The van der Waals surface area contributed by atoms with Gasteiger partial charge < -0.3 is 0 Å². The van der Waals surface area contributed by atoms with E-state index in [0.29, 0.717) is 24.0 Å². The second kappa shape index (κ2) is 6.93. The maximum Gasteiger partial charge on any atom is 0.0323 e. The first-order valence-electron chi connectivity index (χ1n) is 8.49. The predicted octanol–water partition coefficient (Wildman–Crippen LogP) is 4.29. The quantitative estimate of drug-likeness (QED) is 0.815. The van der Waals surface area contributed by atoms with Gasteiger partial charge in [-0.1, -0.05) is 38.1 Å². The average molecular weight is 288 g/mol. The van der Waals surface area contributed by atoms with E-state index in [-0.39, 0.29) is 0 Å². The summed E-state index contributed by atoms with van der Waals surface area (Å²) in [5.74, 6) is 0.604. The van der Waals surface area contributed by atoms with E-state index in [1.165, 1.54) is 30.8 Å². The molecule has 1 fully saturated rings. The molecule has 21 heavy (non-hydrogen) atoms. The molecule has 118 valence electrons. The topological polar surface area (TPSA) is 6.48 Å². The highest BCUT2D eigenvalue weighted by Gasteiger charge is 2.28. The van der Waals surface area contributed by atoms with Crippen molar-refractivity contribution in [3.8, 4) is 0 Å². The molecule has 2 heteroatoms. The Hall–Kier alpha value is -0.860. The van der Waals surface area contributed by atoms with E-state index in [4.69, 9.17) is 0 Å². The summed E-state index contributed by atoms with van der Waals surface area (Å²) in [6.07, 6.45) is 0. The van der Waals surface area contributed by atoms with Crippen molar-refractivity contribution < 1.29 is 0 Å². The van der Waals surface area contributed by atoms with Crippen molar-refractivity contribution in [2.75, 3.05) is 19.6 Å². The third-order valence-electron chi connectivity index (χ3n) is 5.00. The van der Waals surface area contributed by atoms with Gasteiger partial charge in [0.05, 0.1) is 0 Å². The minimum Gasteiger partial charge on any atom is -0.298 e. The number of hydrogen-bond acceptors (Lipinski definition) is 2. The summed E-state index contributed by atoms with van der Waals surface area (Å²) in [5, 5.41) is 0. The van der Waals surface area contributed by atoms with Gasteiger partial charge in [0.25, 0.3) is 0 Å². The van der Waals surface area contributed by atoms with E-state index >= 15 is 0 Å². The molecule has 2 rings (SSSR count). The summed E-state index contributed by atoms with van der Waals surface area (Å²) in [5.41, 5.74) is 2.92. The normalized spacial score (nSPS) is 23.0. The van der Waals surface area contributed by atoms with Crippen molar-refractivity contribution in [2.45, 2.75) is 65.6 Å². The van der Waals surface area contributed by atoms with Crippen LogP contribution in [0.1, 0.15) is 64.6 Å². The molecule has 1 aliphatic rings. The third kappa shape index (κ3) is 3.87. The van der Waals surface area contributed by atoms with E-state index in [9.17, 15) is 0 Å². The van der Waals surface area contributed by atoms with Crippen molar-refractivity contribution in [2.24, 2.45) is 0 Å². The van der Waals surface area contributed by atoms with Crippen molar-refractivity contribution in [1.82, 2.24) is 9.80 Å². The Morgan fingerprint density at radius 1 is 1.00 bits per heavy atom. The molecule has 0 aromatic heterocycles. The summed E-state index contributed by atoms with van der Waals surface area (Å²) in [6.45, 7) is 17.4. The molecule has 0 amide bonds. The maximum absolute atomic E-state index is 2.66. The zero-order valence-corrected chi connectivity index (χ0v) is 14.6. The molecular formula is C19H32N2. The zero-order chi connectivity index (χ0) is 15.6. The Morgan fingerprint density at radius 3 is 2.24 bits per heavy atom. The summed E-state index contributed by atoms with van der Waals surface area (Å²) < 4.78 is 0. The van der Waals surface area contributed by atoms with Crippen LogP contribution in [0.5, 0.6) is 0 Å². The van der Waals surface area contributed by atoms with Gasteiger partial charge in [-0.15, -0.1) is 0 Å². The van der Waals surface area contributed by atoms with E-state index in [0.717, 1.165) is 0 Å². The molecule has 1 heterocycles. The van der Waals surface area contributed by atoms with E-state index in [1.807, 2.05) is 0 Å². The summed E-state index contributed by atoms with van der Waals surface area (Å²) in [4.78, 5) is 5.26. The smallest absolute Gasteiger partial charge is 0.0323 e. The van der Waals surface area contributed by atoms with Crippen LogP contribution in [0.4, 0.5) is 0 Å². The van der Waals surface area contributed by atoms with Gasteiger partial charge in [0, 0.05) is 37.8 Å².